The van der Waals surface area contributed by atoms with Gasteiger partial charge in [0.05, 0.1) is 6.42 Å². The van der Waals surface area contributed by atoms with E-state index in [1.165, 1.54) is 0 Å². The molecule has 0 aromatic heterocycles. The summed E-state index contributed by atoms with van der Waals surface area (Å²) in [6, 6.07) is -0.484. The maximum absolute atomic E-state index is 11.5. The van der Waals surface area contributed by atoms with Crippen LogP contribution in [0.5, 0.6) is 0 Å². The first kappa shape index (κ1) is 11.7. The van der Waals surface area contributed by atoms with Crippen molar-refractivity contribution in [2.45, 2.75) is 45.1 Å². The van der Waals surface area contributed by atoms with Gasteiger partial charge >= 0.3 is 5.97 Å². The summed E-state index contributed by atoms with van der Waals surface area (Å²) in [5.41, 5.74) is 0. The van der Waals surface area contributed by atoms with E-state index < -0.39 is 12.0 Å². The van der Waals surface area contributed by atoms with Crippen LogP contribution in [0.25, 0.3) is 0 Å². The zero-order valence-corrected chi connectivity index (χ0v) is 8.73. The number of carbonyl (C=O) groups is 3. The Morgan fingerprint density at radius 2 is 1.93 bits per heavy atom. The fourth-order valence-electron chi connectivity index (χ4n) is 1.80. The van der Waals surface area contributed by atoms with Crippen molar-refractivity contribution in [3.63, 3.8) is 0 Å². The summed E-state index contributed by atoms with van der Waals surface area (Å²) >= 11 is 0. The van der Waals surface area contributed by atoms with Crippen LogP contribution in [-0.2, 0) is 14.4 Å². The Labute approximate surface area is 88.1 Å². The Kier molecular flexibility index (Phi) is 3.82. The van der Waals surface area contributed by atoms with Crippen LogP contribution in [0.4, 0.5) is 0 Å². The van der Waals surface area contributed by atoms with Gasteiger partial charge in [-0.05, 0) is 12.8 Å². The molecule has 0 spiro atoms. The van der Waals surface area contributed by atoms with Gasteiger partial charge in [-0.25, -0.2) is 0 Å². The maximum atomic E-state index is 11.5. The molecule has 0 saturated carbocycles. The first-order chi connectivity index (χ1) is 7.06. The Hall–Kier alpha value is -1.39. The number of carboxylic acid groups (broad SMARTS) is 1. The largest absolute Gasteiger partial charge is 0.481 e. The summed E-state index contributed by atoms with van der Waals surface area (Å²) < 4.78 is 0. The number of likely N-dealkylation sites (tertiary alicyclic amines) is 1. The minimum absolute atomic E-state index is 0.159. The molecule has 5 heteroatoms. The predicted molar refractivity (Wildman–Crippen MR) is 52.0 cm³/mol. The number of amides is 2. The maximum Gasteiger partial charge on any atom is 0.305 e. The molecule has 0 aromatic rings. The average molecular weight is 213 g/mol. The number of carbonyl (C=O) groups excluding carboxylic acids is 2. The van der Waals surface area contributed by atoms with Crippen molar-refractivity contribution >= 4 is 17.8 Å². The zero-order chi connectivity index (χ0) is 11.4. The Morgan fingerprint density at radius 1 is 1.40 bits per heavy atom. The van der Waals surface area contributed by atoms with Crippen LogP contribution in [0, 0.1) is 0 Å². The van der Waals surface area contributed by atoms with E-state index in [9.17, 15) is 14.4 Å². The number of carboxylic acids is 1. The highest BCUT2D eigenvalue weighted by Gasteiger charge is 2.32. The highest BCUT2D eigenvalue weighted by molar-refractivity contribution is 5.98. The highest BCUT2D eigenvalue weighted by Crippen LogP contribution is 2.19. The lowest BCUT2D eigenvalue weighted by Gasteiger charge is -2.31. The second-order valence-corrected chi connectivity index (χ2v) is 3.67. The molecule has 0 radical (unpaired) electrons. The molecule has 1 aliphatic rings. The second-order valence-electron chi connectivity index (χ2n) is 3.67. The van der Waals surface area contributed by atoms with Gasteiger partial charge in [-0.3, -0.25) is 19.3 Å². The third-order valence-electron chi connectivity index (χ3n) is 2.57. The molecule has 1 atom stereocenters. The topological polar surface area (TPSA) is 74.7 Å². The van der Waals surface area contributed by atoms with Gasteiger partial charge in [0, 0.05) is 18.9 Å². The van der Waals surface area contributed by atoms with E-state index in [1.54, 1.807) is 6.92 Å². The molecule has 0 aromatic carbocycles. The van der Waals surface area contributed by atoms with Crippen molar-refractivity contribution in [2.75, 3.05) is 0 Å². The summed E-state index contributed by atoms with van der Waals surface area (Å²) in [6.07, 6.45) is 1.61. The number of nitrogens with zero attached hydrogens (tertiary/aromatic N) is 1. The van der Waals surface area contributed by atoms with Crippen LogP contribution in [-0.4, -0.2) is 33.8 Å². The van der Waals surface area contributed by atoms with Gasteiger partial charge in [0.1, 0.15) is 0 Å². The van der Waals surface area contributed by atoms with Crippen molar-refractivity contribution in [2.24, 2.45) is 0 Å². The van der Waals surface area contributed by atoms with Crippen molar-refractivity contribution < 1.29 is 19.5 Å². The van der Waals surface area contributed by atoms with Crippen LogP contribution in [0.2, 0.25) is 0 Å². The molecule has 1 saturated heterocycles. The molecule has 1 heterocycles. The number of hydrogen-bond acceptors (Lipinski definition) is 3. The molecule has 15 heavy (non-hydrogen) atoms. The number of hydrogen-bond donors (Lipinski definition) is 1. The number of imide groups is 1. The molecule has 5 nitrogen and oxygen atoms in total. The fraction of sp³-hybridized carbons (Fsp3) is 0.700. The Bertz CT molecular complexity index is 271. The lowest BCUT2D eigenvalue weighted by atomic mass is 10.0. The van der Waals surface area contributed by atoms with Gasteiger partial charge in [-0.1, -0.05) is 6.92 Å². The molecule has 84 valence electrons. The van der Waals surface area contributed by atoms with Crippen molar-refractivity contribution in [3.8, 4) is 0 Å². The summed E-state index contributed by atoms with van der Waals surface area (Å²) in [5.74, 6) is -1.45. The molecule has 1 aliphatic heterocycles. The molecule has 0 bridgehead atoms. The van der Waals surface area contributed by atoms with Crippen molar-refractivity contribution in [1.82, 2.24) is 4.90 Å². The van der Waals surface area contributed by atoms with Crippen LogP contribution in [0.1, 0.15) is 39.0 Å². The molecule has 0 aliphatic carbocycles. The van der Waals surface area contributed by atoms with E-state index in [1.807, 2.05) is 0 Å². The van der Waals surface area contributed by atoms with Crippen molar-refractivity contribution in [3.05, 3.63) is 0 Å². The second kappa shape index (κ2) is 4.91. The summed E-state index contributed by atoms with van der Waals surface area (Å²) in [7, 11) is 0. The van der Waals surface area contributed by atoms with Crippen LogP contribution >= 0.6 is 0 Å². The third kappa shape index (κ3) is 2.78. The van der Waals surface area contributed by atoms with Crippen LogP contribution in [0.3, 0.4) is 0 Å². The van der Waals surface area contributed by atoms with E-state index in [0.717, 1.165) is 4.90 Å². The first-order valence-corrected chi connectivity index (χ1v) is 5.13. The van der Waals surface area contributed by atoms with E-state index >= 15 is 0 Å². The van der Waals surface area contributed by atoms with Crippen molar-refractivity contribution in [1.29, 1.82) is 0 Å². The fourth-order valence-corrected chi connectivity index (χ4v) is 1.80. The minimum atomic E-state index is -0.979. The number of rotatable bonds is 4. The smallest absolute Gasteiger partial charge is 0.305 e. The van der Waals surface area contributed by atoms with Crippen LogP contribution < -0.4 is 0 Å². The third-order valence-corrected chi connectivity index (χ3v) is 2.57. The molecule has 1 fully saturated rings. The molecular formula is C10H15NO4. The van der Waals surface area contributed by atoms with Gasteiger partial charge < -0.3 is 5.11 Å². The van der Waals surface area contributed by atoms with Crippen LogP contribution in [0.15, 0.2) is 0 Å². The average Bonchev–Trinajstić information content (AvgIpc) is 2.15. The molecule has 1 N–H and O–H groups in total. The van der Waals surface area contributed by atoms with E-state index in [-0.39, 0.29) is 18.2 Å². The van der Waals surface area contributed by atoms with Gasteiger partial charge in [-0.15, -0.1) is 0 Å². The zero-order valence-electron chi connectivity index (χ0n) is 8.73. The highest BCUT2D eigenvalue weighted by atomic mass is 16.4. The lowest BCUT2D eigenvalue weighted by molar-refractivity contribution is -0.152. The monoisotopic (exact) mass is 213 g/mol. The number of piperidine rings is 1. The molecular weight excluding hydrogens is 198 g/mol. The summed E-state index contributed by atoms with van der Waals surface area (Å²) in [6.45, 7) is 1.78. The van der Waals surface area contributed by atoms with E-state index in [4.69, 9.17) is 5.11 Å². The minimum Gasteiger partial charge on any atom is -0.481 e. The Morgan fingerprint density at radius 3 is 2.33 bits per heavy atom. The summed E-state index contributed by atoms with van der Waals surface area (Å²) in [4.78, 5) is 34.7. The molecule has 2 amide bonds. The normalized spacial score (nSPS) is 19.1. The molecule has 1 rings (SSSR count). The number of aliphatic carboxylic acids is 1. The van der Waals surface area contributed by atoms with Gasteiger partial charge in [-0.2, -0.15) is 0 Å². The molecule has 1 unspecified atom stereocenters. The van der Waals surface area contributed by atoms with E-state index in [0.29, 0.717) is 25.7 Å². The first-order valence-electron chi connectivity index (χ1n) is 5.13. The standard InChI is InChI=1S/C10H15NO4/c1-2-7(6-10(14)15)11-8(12)4-3-5-9(11)13/h7H,2-6H2,1H3,(H,14,15). The SMILES string of the molecule is CCC(CC(=O)O)N1C(=O)CCCC1=O. The predicted octanol–water partition coefficient (Wildman–Crippen LogP) is 0.779. The van der Waals surface area contributed by atoms with Gasteiger partial charge in [0.2, 0.25) is 11.8 Å². The lowest BCUT2D eigenvalue weighted by Crippen LogP contribution is -2.47. The van der Waals surface area contributed by atoms with Gasteiger partial charge in [0.15, 0.2) is 0 Å². The van der Waals surface area contributed by atoms with Gasteiger partial charge in [0.25, 0.3) is 0 Å². The quantitative estimate of drug-likeness (QED) is 0.700. The Balaban J connectivity index is 2.75. The summed E-state index contributed by atoms with van der Waals surface area (Å²) in [5, 5.41) is 8.67. The van der Waals surface area contributed by atoms with E-state index in [2.05, 4.69) is 0 Å².